The van der Waals surface area contributed by atoms with Gasteiger partial charge in [0, 0.05) is 24.4 Å². The summed E-state index contributed by atoms with van der Waals surface area (Å²) in [6.45, 7) is 2.63. The van der Waals surface area contributed by atoms with Gasteiger partial charge in [-0.05, 0) is 55.2 Å². The molecule has 3 aromatic carbocycles. The van der Waals surface area contributed by atoms with Crippen molar-refractivity contribution in [3.05, 3.63) is 102 Å². The highest BCUT2D eigenvalue weighted by Crippen LogP contribution is 2.27. The minimum atomic E-state index is 0.0324. The topological polar surface area (TPSA) is 55.4 Å². The van der Waals surface area contributed by atoms with Gasteiger partial charge in [-0.3, -0.25) is 9.59 Å². The van der Waals surface area contributed by atoms with E-state index in [4.69, 9.17) is 4.74 Å². The predicted molar refractivity (Wildman–Crippen MR) is 124 cm³/mol. The average Bonchev–Trinajstić information content (AvgIpc) is 2.81. The SMILES string of the molecule is CC(=O)c1ccc(OCCCC(=O)NCCC(c2ccccc2)c2ccccc2)cc1. The molecular formula is C27H29NO3. The van der Waals surface area contributed by atoms with Gasteiger partial charge in [-0.2, -0.15) is 0 Å². The van der Waals surface area contributed by atoms with Gasteiger partial charge in [0.15, 0.2) is 5.78 Å². The molecule has 1 N–H and O–H groups in total. The normalized spacial score (nSPS) is 10.6. The third-order valence-electron chi connectivity index (χ3n) is 5.24. The van der Waals surface area contributed by atoms with Gasteiger partial charge in [-0.1, -0.05) is 60.7 Å². The zero-order valence-corrected chi connectivity index (χ0v) is 17.9. The number of ketones is 1. The minimum absolute atomic E-state index is 0.0324. The van der Waals surface area contributed by atoms with Gasteiger partial charge < -0.3 is 10.1 Å². The standard InChI is InChI=1S/C27H29NO3/c1-21(29)22-14-16-25(17-15-22)31-20-8-13-27(30)28-19-18-26(23-9-4-2-5-10-23)24-11-6-3-7-12-24/h2-7,9-12,14-17,26H,8,13,18-20H2,1H3,(H,28,30). The molecule has 0 aromatic heterocycles. The molecule has 1 amide bonds. The van der Waals surface area contributed by atoms with Crippen molar-refractivity contribution < 1.29 is 14.3 Å². The molecular weight excluding hydrogens is 386 g/mol. The lowest BCUT2D eigenvalue weighted by atomic mass is 9.88. The number of ether oxygens (including phenoxy) is 1. The maximum absolute atomic E-state index is 12.2. The quantitative estimate of drug-likeness (QED) is 0.338. The van der Waals surface area contributed by atoms with Crippen LogP contribution in [0.1, 0.15) is 53.6 Å². The lowest BCUT2D eigenvalue weighted by Gasteiger charge is -2.18. The molecule has 0 bridgehead atoms. The first-order chi connectivity index (χ1) is 15.1. The lowest BCUT2D eigenvalue weighted by Crippen LogP contribution is -2.26. The zero-order chi connectivity index (χ0) is 21.9. The van der Waals surface area contributed by atoms with Crippen molar-refractivity contribution in [3.8, 4) is 5.75 Å². The summed E-state index contributed by atoms with van der Waals surface area (Å²) in [4.78, 5) is 23.5. The van der Waals surface area contributed by atoms with Crippen molar-refractivity contribution in [2.75, 3.05) is 13.2 Å². The van der Waals surface area contributed by atoms with Crippen LogP contribution in [0, 0.1) is 0 Å². The highest BCUT2D eigenvalue weighted by molar-refractivity contribution is 5.94. The maximum Gasteiger partial charge on any atom is 0.220 e. The van der Waals surface area contributed by atoms with Crippen molar-refractivity contribution in [3.63, 3.8) is 0 Å². The summed E-state index contributed by atoms with van der Waals surface area (Å²) in [5.74, 6) is 1.03. The average molecular weight is 416 g/mol. The molecule has 0 saturated heterocycles. The molecule has 0 aliphatic carbocycles. The number of Topliss-reactive ketones (excluding diaryl/α,β-unsaturated/α-hetero) is 1. The Hall–Kier alpha value is -3.40. The molecule has 0 atom stereocenters. The molecule has 3 rings (SSSR count). The summed E-state index contributed by atoms with van der Waals surface area (Å²) in [6, 6.07) is 27.9. The Bertz CT molecular complexity index is 913. The molecule has 0 radical (unpaired) electrons. The molecule has 4 nitrogen and oxygen atoms in total. The number of rotatable bonds is 11. The minimum Gasteiger partial charge on any atom is -0.494 e. The van der Waals surface area contributed by atoms with Crippen LogP contribution in [-0.2, 0) is 4.79 Å². The Morgan fingerprint density at radius 3 is 1.97 bits per heavy atom. The molecule has 0 aliphatic rings. The third kappa shape index (κ3) is 7.10. The number of nitrogens with one attached hydrogen (secondary N) is 1. The van der Waals surface area contributed by atoms with Crippen molar-refractivity contribution in [2.24, 2.45) is 0 Å². The fraction of sp³-hybridized carbons (Fsp3) is 0.259. The molecule has 31 heavy (non-hydrogen) atoms. The van der Waals surface area contributed by atoms with E-state index in [1.165, 1.54) is 18.1 Å². The number of carbonyl (C=O) groups excluding carboxylic acids is 2. The van der Waals surface area contributed by atoms with Gasteiger partial charge in [0.2, 0.25) is 5.91 Å². The van der Waals surface area contributed by atoms with E-state index in [0.29, 0.717) is 37.3 Å². The van der Waals surface area contributed by atoms with Crippen molar-refractivity contribution in [1.82, 2.24) is 5.32 Å². The first kappa shape index (κ1) is 22.3. The van der Waals surface area contributed by atoms with Crippen LogP contribution in [0.25, 0.3) is 0 Å². The van der Waals surface area contributed by atoms with E-state index in [-0.39, 0.29) is 17.6 Å². The summed E-state index contributed by atoms with van der Waals surface area (Å²) in [5.41, 5.74) is 3.18. The molecule has 0 spiro atoms. The van der Waals surface area contributed by atoms with Crippen molar-refractivity contribution in [1.29, 1.82) is 0 Å². The van der Waals surface area contributed by atoms with Crippen LogP contribution in [0.4, 0.5) is 0 Å². The fourth-order valence-corrected chi connectivity index (χ4v) is 3.55. The number of hydrogen-bond donors (Lipinski definition) is 1. The molecule has 4 heteroatoms. The van der Waals surface area contributed by atoms with Crippen LogP contribution in [0.2, 0.25) is 0 Å². The van der Waals surface area contributed by atoms with Crippen LogP contribution in [0.3, 0.4) is 0 Å². The van der Waals surface area contributed by atoms with Gasteiger partial charge in [0.25, 0.3) is 0 Å². The number of amides is 1. The fourth-order valence-electron chi connectivity index (χ4n) is 3.55. The van der Waals surface area contributed by atoms with E-state index in [0.717, 1.165) is 6.42 Å². The summed E-state index contributed by atoms with van der Waals surface area (Å²) in [6.07, 6.45) is 1.91. The van der Waals surface area contributed by atoms with E-state index in [2.05, 4.69) is 53.8 Å². The zero-order valence-electron chi connectivity index (χ0n) is 17.9. The molecule has 0 unspecified atom stereocenters. The molecule has 0 saturated carbocycles. The molecule has 0 heterocycles. The Balaban J connectivity index is 1.40. The predicted octanol–water partition coefficient (Wildman–Crippen LogP) is 5.39. The third-order valence-corrected chi connectivity index (χ3v) is 5.24. The Kier molecular flexibility index (Phi) is 8.41. The second-order valence-corrected chi connectivity index (χ2v) is 7.55. The number of benzene rings is 3. The Morgan fingerprint density at radius 2 is 1.42 bits per heavy atom. The second-order valence-electron chi connectivity index (χ2n) is 7.55. The summed E-state index contributed by atoms with van der Waals surface area (Å²) >= 11 is 0. The van der Waals surface area contributed by atoms with Crippen LogP contribution in [-0.4, -0.2) is 24.8 Å². The van der Waals surface area contributed by atoms with E-state index in [9.17, 15) is 9.59 Å². The van der Waals surface area contributed by atoms with Crippen LogP contribution < -0.4 is 10.1 Å². The van der Waals surface area contributed by atoms with E-state index >= 15 is 0 Å². The Labute approximate surface area is 184 Å². The number of hydrogen-bond acceptors (Lipinski definition) is 3. The number of carbonyl (C=O) groups is 2. The summed E-state index contributed by atoms with van der Waals surface area (Å²) < 4.78 is 5.66. The maximum atomic E-state index is 12.2. The Morgan fingerprint density at radius 1 is 0.839 bits per heavy atom. The molecule has 160 valence electrons. The monoisotopic (exact) mass is 415 g/mol. The highest BCUT2D eigenvalue weighted by atomic mass is 16.5. The first-order valence-electron chi connectivity index (χ1n) is 10.7. The van der Waals surface area contributed by atoms with Gasteiger partial charge in [-0.15, -0.1) is 0 Å². The molecule has 0 fully saturated rings. The van der Waals surface area contributed by atoms with Gasteiger partial charge in [0.1, 0.15) is 5.75 Å². The van der Waals surface area contributed by atoms with Crippen LogP contribution >= 0.6 is 0 Å². The van der Waals surface area contributed by atoms with Gasteiger partial charge in [0.05, 0.1) is 6.61 Å². The van der Waals surface area contributed by atoms with E-state index in [1.807, 2.05) is 12.1 Å². The molecule has 3 aromatic rings. The summed E-state index contributed by atoms with van der Waals surface area (Å²) in [5, 5.41) is 3.04. The largest absolute Gasteiger partial charge is 0.494 e. The van der Waals surface area contributed by atoms with Crippen LogP contribution in [0.5, 0.6) is 5.75 Å². The van der Waals surface area contributed by atoms with Gasteiger partial charge >= 0.3 is 0 Å². The summed E-state index contributed by atoms with van der Waals surface area (Å²) in [7, 11) is 0. The van der Waals surface area contributed by atoms with Crippen molar-refractivity contribution >= 4 is 11.7 Å². The first-order valence-corrected chi connectivity index (χ1v) is 10.7. The van der Waals surface area contributed by atoms with Gasteiger partial charge in [-0.25, -0.2) is 0 Å². The van der Waals surface area contributed by atoms with Crippen molar-refractivity contribution in [2.45, 2.75) is 32.1 Å². The smallest absolute Gasteiger partial charge is 0.220 e. The lowest BCUT2D eigenvalue weighted by molar-refractivity contribution is -0.121. The molecule has 0 aliphatic heterocycles. The van der Waals surface area contributed by atoms with E-state index < -0.39 is 0 Å². The van der Waals surface area contributed by atoms with E-state index in [1.54, 1.807) is 24.3 Å². The second kappa shape index (κ2) is 11.7. The van der Waals surface area contributed by atoms with Crippen LogP contribution in [0.15, 0.2) is 84.9 Å². The highest BCUT2D eigenvalue weighted by Gasteiger charge is 2.14.